The minimum absolute atomic E-state index is 0.127. The second-order valence-electron chi connectivity index (χ2n) is 6.19. The lowest BCUT2D eigenvalue weighted by Crippen LogP contribution is -2.27. The number of hydrogen-bond donors (Lipinski definition) is 2. The van der Waals surface area contributed by atoms with Crippen LogP contribution in [0.4, 0.5) is 0 Å². The lowest BCUT2D eigenvalue weighted by Gasteiger charge is -2.17. The Kier molecular flexibility index (Phi) is 4.42. The molecule has 0 saturated heterocycles. The van der Waals surface area contributed by atoms with Gasteiger partial charge in [-0.3, -0.25) is 9.59 Å². The number of ketones is 1. The van der Waals surface area contributed by atoms with Gasteiger partial charge in [-0.15, -0.1) is 0 Å². The smallest absolute Gasteiger partial charge is 0.268 e. The molecule has 0 bridgehead atoms. The zero-order valence-corrected chi connectivity index (χ0v) is 14.2. The Morgan fingerprint density at radius 2 is 2.04 bits per heavy atom. The Morgan fingerprint density at radius 3 is 2.75 bits per heavy atom. The van der Waals surface area contributed by atoms with E-state index in [0.717, 1.165) is 35.4 Å². The minimum atomic E-state index is -0.205. The summed E-state index contributed by atoms with van der Waals surface area (Å²) in [6.07, 6.45) is 2.21. The van der Waals surface area contributed by atoms with Crippen molar-refractivity contribution in [3.63, 3.8) is 0 Å². The van der Waals surface area contributed by atoms with E-state index < -0.39 is 0 Å². The molecular formula is C19H22N2O3. The van der Waals surface area contributed by atoms with Gasteiger partial charge in [-0.25, -0.2) is 0 Å². The Hall–Kier alpha value is -2.56. The zero-order valence-electron chi connectivity index (χ0n) is 14.2. The Morgan fingerprint density at radius 1 is 1.29 bits per heavy atom. The van der Waals surface area contributed by atoms with Crippen molar-refractivity contribution in [1.29, 1.82) is 0 Å². The predicted octanol–water partition coefficient (Wildman–Crippen LogP) is 3.34. The van der Waals surface area contributed by atoms with Crippen molar-refractivity contribution >= 4 is 11.7 Å². The molecule has 0 spiro atoms. The molecule has 0 saturated carbocycles. The number of benzene rings is 1. The largest absolute Gasteiger partial charge is 0.496 e. The molecule has 126 valence electrons. The number of aromatic amines is 1. The third kappa shape index (κ3) is 2.82. The summed E-state index contributed by atoms with van der Waals surface area (Å²) in [7, 11) is 1.61. The molecule has 2 N–H and O–H groups in total. The van der Waals surface area contributed by atoms with Crippen LogP contribution in [-0.2, 0) is 6.42 Å². The van der Waals surface area contributed by atoms with Gasteiger partial charge in [0.1, 0.15) is 11.4 Å². The van der Waals surface area contributed by atoms with Gasteiger partial charge < -0.3 is 15.0 Å². The molecule has 1 aromatic carbocycles. The molecule has 0 fully saturated rings. The van der Waals surface area contributed by atoms with Crippen LogP contribution in [-0.4, -0.2) is 23.8 Å². The second kappa shape index (κ2) is 6.51. The van der Waals surface area contributed by atoms with Gasteiger partial charge in [-0.1, -0.05) is 18.2 Å². The van der Waals surface area contributed by atoms with E-state index in [1.54, 1.807) is 7.11 Å². The van der Waals surface area contributed by atoms with Crippen LogP contribution in [0.25, 0.3) is 0 Å². The maximum absolute atomic E-state index is 12.7. The first-order valence-corrected chi connectivity index (χ1v) is 8.21. The molecule has 1 heterocycles. The van der Waals surface area contributed by atoms with E-state index in [1.807, 2.05) is 38.1 Å². The summed E-state index contributed by atoms with van der Waals surface area (Å²) in [4.78, 5) is 27.9. The van der Waals surface area contributed by atoms with Crippen LogP contribution in [0.3, 0.4) is 0 Å². The first-order chi connectivity index (χ1) is 11.5. The number of nitrogens with one attached hydrogen (secondary N) is 2. The van der Waals surface area contributed by atoms with E-state index in [1.165, 1.54) is 0 Å². The molecule has 1 aromatic heterocycles. The average molecular weight is 326 g/mol. The number of aromatic nitrogens is 1. The number of para-hydroxylation sites is 1. The van der Waals surface area contributed by atoms with Crippen molar-refractivity contribution < 1.29 is 14.3 Å². The maximum Gasteiger partial charge on any atom is 0.268 e. The van der Waals surface area contributed by atoms with Crippen LogP contribution < -0.4 is 10.1 Å². The van der Waals surface area contributed by atoms with Gasteiger partial charge in [-0.2, -0.15) is 0 Å². The number of rotatable bonds is 4. The highest BCUT2D eigenvalue weighted by molar-refractivity contribution is 6.04. The summed E-state index contributed by atoms with van der Waals surface area (Å²) in [5, 5.41) is 2.99. The number of carbonyl (C=O) groups excluding carboxylic acids is 2. The summed E-state index contributed by atoms with van der Waals surface area (Å²) < 4.78 is 5.35. The van der Waals surface area contributed by atoms with Crippen LogP contribution in [0.5, 0.6) is 5.75 Å². The van der Waals surface area contributed by atoms with E-state index in [-0.39, 0.29) is 17.7 Å². The highest BCUT2D eigenvalue weighted by atomic mass is 16.5. The number of hydrogen-bond acceptors (Lipinski definition) is 3. The van der Waals surface area contributed by atoms with Gasteiger partial charge in [0, 0.05) is 23.2 Å². The third-order valence-corrected chi connectivity index (χ3v) is 4.62. The molecule has 0 unspecified atom stereocenters. The van der Waals surface area contributed by atoms with Crippen LogP contribution in [0, 0.1) is 6.92 Å². The molecule has 5 nitrogen and oxygen atoms in total. The van der Waals surface area contributed by atoms with E-state index in [9.17, 15) is 9.59 Å². The van der Waals surface area contributed by atoms with Gasteiger partial charge >= 0.3 is 0 Å². The van der Waals surface area contributed by atoms with Crippen LogP contribution >= 0.6 is 0 Å². The lowest BCUT2D eigenvalue weighted by molar-refractivity contribution is 0.0933. The summed E-state index contributed by atoms with van der Waals surface area (Å²) in [6, 6.07) is 7.41. The van der Waals surface area contributed by atoms with Crippen molar-refractivity contribution in [2.75, 3.05) is 7.11 Å². The quantitative estimate of drug-likeness (QED) is 0.905. The van der Waals surface area contributed by atoms with Crippen LogP contribution in [0.1, 0.15) is 63.5 Å². The standard InChI is InChI=1S/C19H22N2O3/c1-11-17-14(8-6-9-15(17)22)21-18(11)19(23)20-12(2)13-7-4-5-10-16(13)24-3/h4-5,7,10,12,21H,6,8-9H2,1-3H3,(H,20,23)/t12-/m1/s1. The highest BCUT2D eigenvalue weighted by Gasteiger charge is 2.27. The Balaban J connectivity index is 1.84. The molecular weight excluding hydrogens is 304 g/mol. The molecule has 0 aliphatic heterocycles. The Bertz CT molecular complexity index is 792. The molecule has 24 heavy (non-hydrogen) atoms. The topological polar surface area (TPSA) is 71.2 Å². The second-order valence-corrected chi connectivity index (χ2v) is 6.19. The fraction of sp³-hybridized carbons (Fsp3) is 0.368. The van der Waals surface area contributed by atoms with Gasteiger partial charge in [0.2, 0.25) is 0 Å². The average Bonchev–Trinajstić information content (AvgIpc) is 2.93. The maximum atomic E-state index is 12.7. The summed E-state index contributed by atoms with van der Waals surface area (Å²) >= 11 is 0. The first kappa shape index (κ1) is 16.3. The number of fused-ring (bicyclic) bond motifs is 1. The normalized spacial score (nSPS) is 14.9. The summed E-state index contributed by atoms with van der Waals surface area (Å²) in [5.41, 5.74) is 3.74. The van der Waals surface area contributed by atoms with Crippen LogP contribution in [0.15, 0.2) is 24.3 Å². The number of methoxy groups -OCH3 is 1. The Labute approximate surface area is 141 Å². The zero-order chi connectivity index (χ0) is 17.3. The molecule has 3 rings (SSSR count). The van der Waals surface area contributed by atoms with Gasteiger partial charge in [0.05, 0.1) is 13.2 Å². The molecule has 2 aromatic rings. The fourth-order valence-corrected chi connectivity index (χ4v) is 3.37. The van der Waals surface area contributed by atoms with Gasteiger partial charge in [0.15, 0.2) is 5.78 Å². The van der Waals surface area contributed by atoms with E-state index in [0.29, 0.717) is 17.7 Å². The molecule has 1 aliphatic rings. The van der Waals surface area contributed by atoms with Gasteiger partial charge in [-0.05, 0) is 38.3 Å². The number of carbonyl (C=O) groups is 2. The summed E-state index contributed by atoms with van der Waals surface area (Å²) in [5.74, 6) is 0.665. The number of ether oxygens (including phenoxy) is 1. The third-order valence-electron chi connectivity index (χ3n) is 4.62. The van der Waals surface area contributed by atoms with Crippen LogP contribution in [0.2, 0.25) is 0 Å². The number of amides is 1. The fourth-order valence-electron chi connectivity index (χ4n) is 3.37. The monoisotopic (exact) mass is 326 g/mol. The van der Waals surface area contributed by atoms with Crippen molar-refractivity contribution in [3.05, 3.63) is 52.3 Å². The highest BCUT2D eigenvalue weighted by Crippen LogP contribution is 2.28. The lowest BCUT2D eigenvalue weighted by atomic mass is 9.94. The van der Waals surface area contributed by atoms with Crippen molar-refractivity contribution in [1.82, 2.24) is 10.3 Å². The molecule has 1 atom stereocenters. The van der Waals surface area contributed by atoms with Crippen molar-refractivity contribution in [2.24, 2.45) is 0 Å². The number of Topliss-reactive ketones (excluding diaryl/α,β-unsaturated/α-hetero) is 1. The van der Waals surface area contributed by atoms with Crippen molar-refractivity contribution in [3.8, 4) is 5.75 Å². The van der Waals surface area contributed by atoms with E-state index in [4.69, 9.17) is 4.74 Å². The predicted molar refractivity (Wildman–Crippen MR) is 91.7 cm³/mol. The SMILES string of the molecule is COc1ccccc1[C@@H](C)NC(=O)c1[nH]c2c(c1C)C(=O)CCC2. The number of aryl methyl sites for hydroxylation is 1. The van der Waals surface area contributed by atoms with Crippen molar-refractivity contribution in [2.45, 2.75) is 39.2 Å². The van der Waals surface area contributed by atoms with E-state index in [2.05, 4.69) is 10.3 Å². The minimum Gasteiger partial charge on any atom is -0.496 e. The van der Waals surface area contributed by atoms with E-state index >= 15 is 0 Å². The molecule has 5 heteroatoms. The number of H-pyrrole nitrogens is 1. The summed E-state index contributed by atoms with van der Waals surface area (Å²) in [6.45, 7) is 3.75. The first-order valence-electron chi connectivity index (χ1n) is 8.21. The molecule has 1 aliphatic carbocycles. The van der Waals surface area contributed by atoms with Gasteiger partial charge in [0.25, 0.3) is 5.91 Å². The molecule has 1 amide bonds. The molecule has 0 radical (unpaired) electrons.